The Morgan fingerprint density at radius 2 is 1.70 bits per heavy atom. The molecule has 0 fully saturated rings. The summed E-state index contributed by atoms with van der Waals surface area (Å²) in [5.41, 5.74) is 8.49. The molecule has 3 nitrogen and oxygen atoms in total. The molecule has 1 aromatic carbocycles. The highest BCUT2D eigenvalue weighted by molar-refractivity contribution is 5.81. The first-order valence-electron chi connectivity index (χ1n) is 7.23. The highest BCUT2D eigenvalue weighted by Crippen LogP contribution is 2.22. The minimum absolute atomic E-state index is 0.0000945. The molecular formula is C17H28N2O. The fourth-order valence-corrected chi connectivity index (χ4v) is 2.00. The monoisotopic (exact) mass is 276 g/mol. The van der Waals surface area contributed by atoms with E-state index in [1.54, 1.807) is 4.90 Å². The van der Waals surface area contributed by atoms with Crippen LogP contribution < -0.4 is 5.73 Å². The number of hydrogen-bond donors (Lipinski definition) is 1. The number of likely N-dealkylation sites (N-methyl/N-ethyl adjacent to an activating group) is 1. The SMILES string of the molecule is CC(C)[C@H](N)C(=O)N(C)Cc1ccc(C(C)(C)C)cc1. The van der Waals surface area contributed by atoms with Gasteiger partial charge in [0.05, 0.1) is 6.04 Å². The van der Waals surface area contributed by atoms with Crippen LogP contribution in [0.4, 0.5) is 0 Å². The van der Waals surface area contributed by atoms with E-state index < -0.39 is 6.04 Å². The number of rotatable bonds is 4. The molecule has 0 aliphatic carbocycles. The van der Waals surface area contributed by atoms with Crippen molar-refractivity contribution in [2.24, 2.45) is 11.7 Å². The van der Waals surface area contributed by atoms with Gasteiger partial charge in [0, 0.05) is 13.6 Å². The third kappa shape index (κ3) is 4.34. The molecule has 0 unspecified atom stereocenters. The van der Waals surface area contributed by atoms with Gasteiger partial charge in [0.2, 0.25) is 5.91 Å². The van der Waals surface area contributed by atoms with Gasteiger partial charge in [-0.1, -0.05) is 58.9 Å². The van der Waals surface area contributed by atoms with Gasteiger partial charge in [0.1, 0.15) is 0 Å². The minimum atomic E-state index is -0.422. The molecule has 0 saturated heterocycles. The number of carbonyl (C=O) groups is 1. The van der Waals surface area contributed by atoms with E-state index in [1.165, 1.54) is 5.56 Å². The van der Waals surface area contributed by atoms with Gasteiger partial charge in [0.25, 0.3) is 0 Å². The van der Waals surface area contributed by atoms with Crippen molar-refractivity contribution in [1.82, 2.24) is 4.90 Å². The number of benzene rings is 1. The second-order valence-corrected chi connectivity index (χ2v) is 6.91. The summed E-state index contributed by atoms with van der Waals surface area (Å²) >= 11 is 0. The van der Waals surface area contributed by atoms with E-state index in [-0.39, 0.29) is 17.2 Å². The van der Waals surface area contributed by atoms with Gasteiger partial charge in [-0.2, -0.15) is 0 Å². The van der Waals surface area contributed by atoms with E-state index in [2.05, 4.69) is 45.0 Å². The lowest BCUT2D eigenvalue weighted by atomic mass is 9.87. The molecule has 2 N–H and O–H groups in total. The summed E-state index contributed by atoms with van der Waals surface area (Å²) in [5.74, 6) is 0.160. The largest absolute Gasteiger partial charge is 0.340 e. The Balaban J connectivity index is 2.72. The second kappa shape index (κ2) is 6.40. The van der Waals surface area contributed by atoms with Crippen LogP contribution in [-0.2, 0) is 16.8 Å². The van der Waals surface area contributed by atoms with Crippen molar-refractivity contribution in [2.75, 3.05) is 7.05 Å². The summed E-state index contributed by atoms with van der Waals surface area (Å²) in [5, 5.41) is 0. The topological polar surface area (TPSA) is 46.3 Å². The van der Waals surface area contributed by atoms with Crippen LogP contribution in [0.15, 0.2) is 24.3 Å². The zero-order valence-electron chi connectivity index (χ0n) is 13.6. The van der Waals surface area contributed by atoms with Crippen molar-refractivity contribution in [3.8, 4) is 0 Å². The van der Waals surface area contributed by atoms with Crippen molar-refractivity contribution in [1.29, 1.82) is 0 Å². The van der Waals surface area contributed by atoms with Crippen LogP contribution >= 0.6 is 0 Å². The molecule has 112 valence electrons. The molecule has 0 spiro atoms. The van der Waals surface area contributed by atoms with Crippen LogP contribution in [0.2, 0.25) is 0 Å². The predicted octanol–water partition coefficient (Wildman–Crippen LogP) is 2.93. The van der Waals surface area contributed by atoms with E-state index in [4.69, 9.17) is 5.73 Å². The van der Waals surface area contributed by atoms with Crippen molar-refractivity contribution in [2.45, 2.75) is 52.6 Å². The highest BCUT2D eigenvalue weighted by atomic mass is 16.2. The first-order chi connectivity index (χ1) is 9.12. The van der Waals surface area contributed by atoms with Crippen LogP contribution in [0.3, 0.4) is 0 Å². The average Bonchev–Trinajstić information content (AvgIpc) is 2.36. The second-order valence-electron chi connectivity index (χ2n) is 6.91. The molecule has 0 radical (unpaired) electrons. The summed E-state index contributed by atoms with van der Waals surface area (Å²) in [6, 6.07) is 8.02. The van der Waals surface area contributed by atoms with Crippen LogP contribution in [-0.4, -0.2) is 23.9 Å². The normalized spacial score (nSPS) is 13.4. The quantitative estimate of drug-likeness (QED) is 0.919. The molecule has 0 bridgehead atoms. The Labute approximate surface area is 123 Å². The van der Waals surface area contributed by atoms with Crippen molar-refractivity contribution >= 4 is 5.91 Å². The molecule has 0 aliphatic heterocycles. The van der Waals surface area contributed by atoms with Gasteiger partial charge >= 0.3 is 0 Å². The third-order valence-electron chi connectivity index (χ3n) is 3.62. The molecule has 1 amide bonds. The van der Waals surface area contributed by atoms with Crippen molar-refractivity contribution < 1.29 is 4.79 Å². The lowest BCUT2D eigenvalue weighted by molar-refractivity contribution is -0.132. The fourth-order valence-electron chi connectivity index (χ4n) is 2.00. The maximum Gasteiger partial charge on any atom is 0.239 e. The number of nitrogens with zero attached hydrogens (tertiary/aromatic N) is 1. The van der Waals surface area contributed by atoms with Gasteiger partial charge in [-0.25, -0.2) is 0 Å². The first-order valence-corrected chi connectivity index (χ1v) is 7.23. The molecule has 1 aromatic rings. The van der Waals surface area contributed by atoms with Crippen molar-refractivity contribution in [3.63, 3.8) is 0 Å². The van der Waals surface area contributed by atoms with E-state index in [9.17, 15) is 4.79 Å². The lowest BCUT2D eigenvalue weighted by Gasteiger charge is -2.24. The molecule has 20 heavy (non-hydrogen) atoms. The summed E-state index contributed by atoms with van der Waals surface area (Å²) in [6.45, 7) is 11.1. The number of hydrogen-bond acceptors (Lipinski definition) is 2. The molecule has 1 rings (SSSR count). The van der Waals surface area contributed by atoms with Gasteiger partial charge < -0.3 is 10.6 Å². The molecule has 0 aromatic heterocycles. The summed E-state index contributed by atoms with van der Waals surface area (Å²) < 4.78 is 0. The van der Waals surface area contributed by atoms with E-state index in [0.29, 0.717) is 6.54 Å². The third-order valence-corrected chi connectivity index (χ3v) is 3.62. The maximum atomic E-state index is 12.1. The zero-order chi connectivity index (χ0) is 15.5. The Bertz CT molecular complexity index is 443. The lowest BCUT2D eigenvalue weighted by Crippen LogP contribution is -2.44. The van der Waals surface area contributed by atoms with Crippen LogP contribution in [0.5, 0.6) is 0 Å². The predicted molar refractivity (Wildman–Crippen MR) is 84.4 cm³/mol. The van der Waals surface area contributed by atoms with E-state index in [1.807, 2.05) is 20.9 Å². The molecular weight excluding hydrogens is 248 g/mol. The van der Waals surface area contributed by atoms with Gasteiger partial charge in [-0.15, -0.1) is 0 Å². The minimum Gasteiger partial charge on any atom is -0.340 e. The van der Waals surface area contributed by atoms with E-state index >= 15 is 0 Å². The van der Waals surface area contributed by atoms with Crippen LogP contribution in [0, 0.1) is 5.92 Å². The molecule has 1 atom stereocenters. The Morgan fingerprint density at radius 3 is 2.10 bits per heavy atom. The summed E-state index contributed by atoms with van der Waals surface area (Å²) in [6.07, 6.45) is 0. The molecule has 3 heteroatoms. The smallest absolute Gasteiger partial charge is 0.239 e. The maximum absolute atomic E-state index is 12.1. The number of amides is 1. The number of carbonyl (C=O) groups excluding carboxylic acids is 1. The summed E-state index contributed by atoms with van der Waals surface area (Å²) in [7, 11) is 1.81. The Kier molecular flexibility index (Phi) is 5.35. The number of nitrogens with two attached hydrogens (primary N) is 1. The first kappa shape index (κ1) is 16.7. The zero-order valence-corrected chi connectivity index (χ0v) is 13.6. The van der Waals surface area contributed by atoms with Crippen molar-refractivity contribution in [3.05, 3.63) is 35.4 Å². The summed E-state index contributed by atoms with van der Waals surface area (Å²) in [4.78, 5) is 13.8. The Hall–Kier alpha value is -1.35. The highest BCUT2D eigenvalue weighted by Gasteiger charge is 2.21. The van der Waals surface area contributed by atoms with Gasteiger partial charge in [-0.3, -0.25) is 4.79 Å². The average molecular weight is 276 g/mol. The molecule has 0 heterocycles. The van der Waals surface area contributed by atoms with Crippen LogP contribution in [0.25, 0.3) is 0 Å². The van der Waals surface area contributed by atoms with Gasteiger partial charge in [-0.05, 0) is 22.5 Å². The van der Waals surface area contributed by atoms with E-state index in [0.717, 1.165) is 5.56 Å². The fraction of sp³-hybridized carbons (Fsp3) is 0.588. The molecule has 0 saturated carbocycles. The van der Waals surface area contributed by atoms with Crippen LogP contribution in [0.1, 0.15) is 45.7 Å². The standard InChI is InChI=1S/C17H28N2O/c1-12(2)15(18)16(20)19(6)11-13-7-9-14(10-8-13)17(3,4)5/h7-10,12,15H,11,18H2,1-6H3/t15-/m0/s1. The Morgan fingerprint density at radius 1 is 1.20 bits per heavy atom. The van der Waals surface area contributed by atoms with Gasteiger partial charge in [0.15, 0.2) is 0 Å². The molecule has 0 aliphatic rings.